The average molecular weight is 509 g/mol. The van der Waals surface area contributed by atoms with Crippen LogP contribution in [0, 0.1) is 0 Å². The number of aliphatic hydroxyl groups excluding tert-OH is 1. The van der Waals surface area contributed by atoms with Gasteiger partial charge in [-0.25, -0.2) is 18.5 Å². The zero-order valence-corrected chi connectivity index (χ0v) is 18.1. The van der Waals surface area contributed by atoms with Crippen molar-refractivity contribution in [2.75, 3.05) is 12.3 Å². The molecule has 7 N–H and O–H groups in total. The summed E-state index contributed by atoms with van der Waals surface area (Å²) in [7, 11) is -16.8. The minimum Gasteiger partial charge on any atom is -0.387 e. The van der Waals surface area contributed by atoms with Gasteiger partial charge in [0.15, 0.2) is 6.23 Å². The number of phosphoric acid groups is 3. The molecular weight excluding hydrogens is 491 g/mol. The summed E-state index contributed by atoms with van der Waals surface area (Å²) < 4.78 is 58.3. The Balaban J connectivity index is 1.79. The van der Waals surface area contributed by atoms with E-state index in [0.29, 0.717) is 0 Å². The normalized spacial score (nSPS) is 33.0. The molecule has 7 atom stereocenters. The van der Waals surface area contributed by atoms with E-state index in [1.807, 2.05) is 0 Å². The van der Waals surface area contributed by atoms with Gasteiger partial charge in [0.25, 0.3) is 0 Å². The molecule has 0 spiro atoms. The van der Waals surface area contributed by atoms with Crippen LogP contribution in [0.1, 0.15) is 13.2 Å². The maximum atomic E-state index is 12.1. The van der Waals surface area contributed by atoms with Crippen LogP contribution in [0.3, 0.4) is 0 Å². The monoisotopic (exact) mass is 509 g/mol. The molecule has 2 aliphatic heterocycles. The highest BCUT2D eigenvalue weighted by Gasteiger charge is 2.65. The Morgan fingerprint density at radius 1 is 1.26 bits per heavy atom. The van der Waals surface area contributed by atoms with Crippen LogP contribution in [0.4, 0.5) is 5.82 Å². The third-order valence-electron chi connectivity index (χ3n) is 4.46. The number of fused-ring (bicyclic) bond motifs is 2. The van der Waals surface area contributed by atoms with Gasteiger partial charge in [-0.1, -0.05) is 0 Å². The van der Waals surface area contributed by atoms with E-state index in [0.717, 1.165) is 11.5 Å². The lowest BCUT2D eigenvalue weighted by molar-refractivity contribution is -0.204. The Morgan fingerprint density at radius 2 is 1.90 bits per heavy atom. The van der Waals surface area contributed by atoms with Crippen molar-refractivity contribution < 1.29 is 61.0 Å². The van der Waals surface area contributed by atoms with Gasteiger partial charge < -0.3 is 39.9 Å². The zero-order chi connectivity index (χ0) is 23.4. The maximum Gasteiger partial charge on any atom is 0.490 e. The predicted molar refractivity (Wildman–Crippen MR) is 95.9 cm³/mol. The Hall–Kier alpha value is -1.03. The topological polar surface area (TPSA) is 259 Å². The first kappa shape index (κ1) is 24.6. The van der Waals surface area contributed by atoms with Crippen LogP contribution in [0.15, 0.2) is 17.1 Å². The quantitative estimate of drug-likeness (QED) is 0.220. The fraction of sp³-hybridized carbons (Fsp3) is 0.636. The van der Waals surface area contributed by atoms with Crippen LogP contribution >= 0.6 is 23.5 Å². The number of rotatable bonds is 8. The molecule has 0 amide bonds. The molecule has 1 aromatic heterocycles. The molecule has 2 saturated heterocycles. The molecule has 1 aromatic rings. The molecule has 3 heterocycles. The number of hydrogen-bond acceptors (Lipinski definition) is 12. The molecule has 176 valence electrons. The Morgan fingerprint density at radius 3 is 2.48 bits per heavy atom. The summed E-state index contributed by atoms with van der Waals surface area (Å²) in [6, 6.07) is 1.28. The molecule has 17 nitrogen and oxygen atoms in total. The van der Waals surface area contributed by atoms with E-state index in [1.54, 1.807) is 0 Å². The van der Waals surface area contributed by atoms with Crippen LogP contribution in [0.25, 0.3) is 0 Å². The van der Waals surface area contributed by atoms with Crippen LogP contribution in [0.2, 0.25) is 0 Å². The Bertz CT molecular complexity index is 1060. The third-order valence-corrected chi connectivity index (χ3v) is 8.37. The van der Waals surface area contributed by atoms with Crippen LogP contribution in [-0.2, 0) is 36.3 Å². The van der Waals surface area contributed by atoms with Crippen molar-refractivity contribution in [2.24, 2.45) is 0 Å². The van der Waals surface area contributed by atoms with Crippen molar-refractivity contribution in [3.05, 3.63) is 22.7 Å². The first-order chi connectivity index (χ1) is 14.1. The predicted octanol–water partition coefficient (Wildman–Crippen LogP) is -1.42. The van der Waals surface area contributed by atoms with Crippen molar-refractivity contribution in [3.8, 4) is 0 Å². The van der Waals surface area contributed by atoms with Gasteiger partial charge in [0.2, 0.25) is 0 Å². The van der Waals surface area contributed by atoms with Gasteiger partial charge in [0, 0.05) is 6.20 Å². The smallest absolute Gasteiger partial charge is 0.387 e. The molecule has 2 aliphatic rings. The maximum absolute atomic E-state index is 12.1. The highest BCUT2D eigenvalue weighted by atomic mass is 31.3. The van der Waals surface area contributed by atoms with E-state index >= 15 is 0 Å². The van der Waals surface area contributed by atoms with Gasteiger partial charge in [0.05, 0.1) is 6.61 Å². The van der Waals surface area contributed by atoms with E-state index in [4.69, 9.17) is 29.5 Å². The summed E-state index contributed by atoms with van der Waals surface area (Å²) in [5.74, 6) is -0.0680. The molecule has 0 aliphatic carbocycles. The lowest BCUT2D eigenvalue weighted by atomic mass is 9.94. The van der Waals surface area contributed by atoms with E-state index in [1.165, 1.54) is 12.3 Å². The van der Waals surface area contributed by atoms with Gasteiger partial charge in [-0.2, -0.15) is 13.6 Å². The number of nitrogens with zero attached hydrogens (tertiary/aromatic N) is 2. The SMILES string of the molecule is C[C@H](OP(=O)(O)OP(=O)(O)OP(=O)(O)O)[C@@]12CO[C@@H]([C@H](n3ccc(N)nc3=O)O1)[C@@H]2O. The van der Waals surface area contributed by atoms with E-state index in [2.05, 4.69) is 13.6 Å². The number of ether oxygens (including phenoxy) is 2. The highest BCUT2D eigenvalue weighted by molar-refractivity contribution is 7.66. The number of phosphoric ester groups is 1. The molecular formula is C11H18N3O14P3. The fourth-order valence-corrected chi connectivity index (χ4v) is 6.43. The second-order valence-corrected chi connectivity index (χ2v) is 10.9. The third kappa shape index (κ3) is 5.15. The number of aliphatic hydroxyl groups is 1. The number of hydrogen-bond donors (Lipinski definition) is 6. The van der Waals surface area contributed by atoms with Gasteiger partial charge in [-0.15, -0.1) is 0 Å². The molecule has 2 unspecified atom stereocenters. The Kier molecular flexibility index (Phi) is 6.41. The summed E-state index contributed by atoms with van der Waals surface area (Å²) in [5, 5.41) is 10.6. The largest absolute Gasteiger partial charge is 0.490 e. The summed E-state index contributed by atoms with van der Waals surface area (Å²) in [4.78, 5) is 51.7. The molecule has 0 radical (unpaired) electrons. The van der Waals surface area contributed by atoms with E-state index in [-0.39, 0.29) is 12.4 Å². The lowest BCUT2D eigenvalue weighted by Gasteiger charge is -2.35. The number of anilines is 1. The summed E-state index contributed by atoms with van der Waals surface area (Å²) in [6.07, 6.45) is -4.18. The molecule has 0 saturated carbocycles. The van der Waals surface area contributed by atoms with Crippen LogP contribution in [-0.4, -0.2) is 64.8 Å². The average Bonchev–Trinajstić information content (AvgIpc) is 3.02. The lowest BCUT2D eigenvalue weighted by Crippen LogP contribution is -2.51. The molecule has 2 fully saturated rings. The second kappa shape index (κ2) is 8.08. The van der Waals surface area contributed by atoms with Gasteiger partial charge in [0.1, 0.15) is 29.7 Å². The highest BCUT2D eigenvalue weighted by Crippen LogP contribution is 2.67. The zero-order valence-electron chi connectivity index (χ0n) is 15.4. The second-order valence-electron chi connectivity index (χ2n) is 6.56. The number of nitrogens with two attached hydrogens (primary N) is 1. The summed E-state index contributed by atoms with van der Waals surface area (Å²) in [6.45, 7) is 0.753. The van der Waals surface area contributed by atoms with E-state index in [9.17, 15) is 33.4 Å². The van der Waals surface area contributed by atoms with Crippen LogP contribution < -0.4 is 11.4 Å². The number of aromatic nitrogens is 2. The first-order valence-corrected chi connectivity index (χ1v) is 12.7. The van der Waals surface area contributed by atoms with E-state index < -0.39 is 59.3 Å². The summed E-state index contributed by atoms with van der Waals surface area (Å²) >= 11 is 0. The first-order valence-electron chi connectivity index (χ1n) is 8.20. The fourth-order valence-electron chi connectivity index (χ4n) is 3.19. The van der Waals surface area contributed by atoms with Crippen molar-refractivity contribution in [1.29, 1.82) is 0 Å². The molecule has 3 rings (SSSR count). The minimum absolute atomic E-state index is 0.0680. The Labute approximate surface area is 172 Å². The van der Waals surface area contributed by atoms with Crippen LogP contribution in [0.5, 0.6) is 0 Å². The van der Waals surface area contributed by atoms with Crippen molar-refractivity contribution in [3.63, 3.8) is 0 Å². The van der Waals surface area contributed by atoms with Gasteiger partial charge in [-0.3, -0.25) is 9.09 Å². The van der Waals surface area contributed by atoms with Crippen molar-refractivity contribution >= 4 is 29.3 Å². The standard InChI is InChI=1S/C11H18N3O14P3/c1-5(26-30(20,21)28-31(22,23)27-29(17,18)19)11-4-24-7(8(11)15)9(25-11)14-3-2-6(12)13-10(14)16/h2-3,5,7-9,15H,4H2,1H3,(H,20,21)(H,22,23)(H2,12,13,16)(H2,17,18,19)/t5-,7+,8-,9+,11+/m0/s1. The summed E-state index contributed by atoms with van der Waals surface area (Å²) in [5.41, 5.74) is 2.76. The molecule has 2 bridgehead atoms. The van der Waals surface area contributed by atoms with Crippen molar-refractivity contribution in [1.82, 2.24) is 9.55 Å². The molecule has 20 heteroatoms. The van der Waals surface area contributed by atoms with Crippen molar-refractivity contribution in [2.45, 2.75) is 37.1 Å². The van der Waals surface area contributed by atoms with Gasteiger partial charge in [-0.05, 0) is 13.0 Å². The molecule has 0 aromatic carbocycles. The minimum atomic E-state index is -5.73. The van der Waals surface area contributed by atoms with Gasteiger partial charge >= 0.3 is 29.2 Å². The molecule has 31 heavy (non-hydrogen) atoms. The number of nitrogen functional groups attached to an aromatic ring is 1.